The Labute approximate surface area is 74.0 Å². The van der Waals surface area contributed by atoms with Crippen molar-refractivity contribution in [3.63, 3.8) is 0 Å². The highest BCUT2D eigenvalue weighted by Crippen LogP contribution is 2.30. The molecule has 0 aromatic rings. The van der Waals surface area contributed by atoms with Gasteiger partial charge in [0.25, 0.3) is 0 Å². The van der Waals surface area contributed by atoms with Gasteiger partial charge in [0.05, 0.1) is 12.6 Å². The van der Waals surface area contributed by atoms with Crippen LogP contribution in [0.2, 0.25) is 0 Å². The zero-order chi connectivity index (χ0) is 8.60. The van der Waals surface area contributed by atoms with E-state index in [0.717, 1.165) is 12.5 Å². The topological polar surface area (TPSA) is 21.3 Å². The highest BCUT2D eigenvalue weighted by atomic mass is 16.5. The molecule has 68 valence electrons. The molecule has 2 fully saturated rings. The van der Waals surface area contributed by atoms with Crippen LogP contribution in [0.3, 0.4) is 0 Å². The molecular weight excluding hydrogens is 150 g/mol. The lowest BCUT2D eigenvalue weighted by atomic mass is 10.2. The molecule has 2 nitrogen and oxygen atoms in total. The summed E-state index contributed by atoms with van der Waals surface area (Å²) in [5, 5.41) is 3.40. The summed E-state index contributed by atoms with van der Waals surface area (Å²) in [5.74, 6) is 0.871. The molecule has 1 heterocycles. The van der Waals surface area contributed by atoms with Gasteiger partial charge in [0, 0.05) is 0 Å². The van der Waals surface area contributed by atoms with Gasteiger partial charge in [-0.25, -0.2) is 0 Å². The first-order valence-electron chi connectivity index (χ1n) is 4.76. The Hall–Kier alpha value is -0.340. The average Bonchev–Trinajstić information content (AvgIpc) is 2.74. The minimum absolute atomic E-state index is 0.126. The second-order valence-corrected chi connectivity index (χ2v) is 4.29. The highest BCUT2D eigenvalue weighted by Gasteiger charge is 2.29. The van der Waals surface area contributed by atoms with Crippen molar-refractivity contribution in [1.29, 1.82) is 0 Å². The quantitative estimate of drug-likeness (QED) is 0.632. The zero-order valence-corrected chi connectivity index (χ0v) is 7.84. The molecule has 0 amide bonds. The first-order valence-corrected chi connectivity index (χ1v) is 4.76. The van der Waals surface area contributed by atoms with Crippen LogP contribution in [0.4, 0.5) is 0 Å². The summed E-state index contributed by atoms with van der Waals surface area (Å²) in [4.78, 5) is 0. The van der Waals surface area contributed by atoms with Crippen molar-refractivity contribution in [1.82, 2.24) is 5.32 Å². The number of hydrogen-bond acceptors (Lipinski definition) is 2. The molecule has 0 unspecified atom stereocenters. The summed E-state index contributed by atoms with van der Waals surface area (Å²) in [6.45, 7) is 4.95. The normalized spacial score (nSPS) is 34.7. The molecule has 1 aliphatic carbocycles. The van der Waals surface area contributed by atoms with Crippen molar-refractivity contribution in [2.24, 2.45) is 5.92 Å². The molecule has 1 N–H and O–H groups in total. The number of ether oxygens (including phenoxy) is 1. The number of hydrogen-bond donors (Lipinski definition) is 1. The lowest BCUT2D eigenvalue weighted by Gasteiger charge is -2.16. The molecule has 1 atom stereocenters. The molecule has 1 aliphatic heterocycles. The van der Waals surface area contributed by atoms with Crippen molar-refractivity contribution in [2.45, 2.75) is 38.5 Å². The van der Waals surface area contributed by atoms with Gasteiger partial charge in [-0.15, -0.1) is 0 Å². The summed E-state index contributed by atoms with van der Waals surface area (Å²) in [5.41, 5.74) is -0.126. The fourth-order valence-electron chi connectivity index (χ4n) is 1.51. The van der Waals surface area contributed by atoms with Crippen molar-refractivity contribution >= 4 is 0 Å². The van der Waals surface area contributed by atoms with Gasteiger partial charge < -0.3 is 4.74 Å². The Kier molecular flexibility index (Phi) is 1.97. The lowest BCUT2D eigenvalue weighted by molar-refractivity contribution is 0.0232. The van der Waals surface area contributed by atoms with Gasteiger partial charge in [0.15, 0.2) is 0 Å². The Morgan fingerprint density at radius 2 is 2.08 bits per heavy atom. The smallest absolute Gasteiger partial charge is 0.114 e. The predicted molar refractivity (Wildman–Crippen MR) is 48.8 cm³/mol. The minimum Gasteiger partial charge on any atom is -0.359 e. The maximum Gasteiger partial charge on any atom is 0.114 e. The van der Waals surface area contributed by atoms with E-state index < -0.39 is 0 Å². The van der Waals surface area contributed by atoms with Crippen LogP contribution in [0.5, 0.6) is 0 Å². The number of rotatable bonds is 2. The fraction of sp³-hybridized carbons (Fsp3) is 0.800. The van der Waals surface area contributed by atoms with Crippen LogP contribution in [0.25, 0.3) is 0 Å². The molecule has 1 saturated heterocycles. The molecule has 2 heteroatoms. The van der Waals surface area contributed by atoms with E-state index in [-0.39, 0.29) is 5.72 Å². The standard InChI is InChI=1S/C10H17NO/c1-10(2)11-9(7-12-10)6-5-8-3-4-8/h5-6,8-9,11H,3-4,7H2,1-2H3/b6-5+/t9-/m0/s1. The maximum atomic E-state index is 5.54. The van der Waals surface area contributed by atoms with E-state index in [0.29, 0.717) is 6.04 Å². The minimum atomic E-state index is -0.126. The van der Waals surface area contributed by atoms with Gasteiger partial charge in [-0.3, -0.25) is 5.32 Å². The Balaban J connectivity index is 1.82. The zero-order valence-electron chi connectivity index (χ0n) is 7.84. The van der Waals surface area contributed by atoms with Gasteiger partial charge in [-0.05, 0) is 32.6 Å². The Morgan fingerprint density at radius 1 is 1.33 bits per heavy atom. The Bertz CT molecular complexity index is 194. The lowest BCUT2D eigenvalue weighted by Crippen LogP contribution is -2.37. The summed E-state index contributed by atoms with van der Waals surface area (Å²) in [6, 6.07) is 0.431. The number of nitrogens with one attached hydrogen (secondary N) is 1. The van der Waals surface area contributed by atoms with Crippen LogP contribution >= 0.6 is 0 Å². The van der Waals surface area contributed by atoms with Crippen LogP contribution in [0.15, 0.2) is 12.2 Å². The predicted octanol–water partition coefficient (Wildman–Crippen LogP) is 1.68. The second-order valence-electron chi connectivity index (χ2n) is 4.29. The average molecular weight is 167 g/mol. The third-order valence-corrected chi connectivity index (χ3v) is 2.39. The molecular formula is C10H17NO. The van der Waals surface area contributed by atoms with E-state index in [4.69, 9.17) is 4.74 Å². The van der Waals surface area contributed by atoms with Crippen LogP contribution in [0.1, 0.15) is 26.7 Å². The van der Waals surface area contributed by atoms with Crippen LogP contribution < -0.4 is 5.32 Å². The summed E-state index contributed by atoms with van der Waals surface area (Å²) in [7, 11) is 0. The van der Waals surface area contributed by atoms with Crippen LogP contribution in [0, 0.1) is 5.92 Å². The van der Waals surface area contributed by atoms with Gasteiger partial charge >= 0.3 is 0 Å². The Morgan fingerprint density at radius 3 is 2.58 bits per heavy atom. The van der Waals surface area contributed by atoms with E-state index in [1.54, 1.807) is 0 Å². The SMILES string of the molecule is CC1(C)N[C@@H](/C=C/C2CC2)CO1. The molecule has 12 heavy (non-hydrogen) atoms. The van der Waals surface area contributed by atoms with Gasteiger partial charge in [0.2, 0.25) is 0 Å². The largest absolute Gasteiger partial charge is 0.359 e. The van der Waals surface area contributed by atoms with E-state index in [1.807, 2.05) is 0 Å². The van der Waals surface area contributed by atoms with Crippen LogP contribution in [-0.4, -0.2) is 18.4 Å². The third-order valence-electron chi connectivity index (χ3n) is 2.39. The fourth-order valence-corrected chi connectivity index (χ4v) is 1.51. The number of allylic oxidation sites excluding steroid dienone is 1. The second kappa shape index (κ2) is 2.86. The summed E-state index contributed by atoms with van der Waals surface area (Å²) in [6.07, 6.45) is 7.34. The molecule has 2 rings (SSSR count). The highest BCUT2D eigenvalue weighted by molar-refractivity contribution is 5.04. The molecule has 0 aromatic heterocycles. The molecule has 2 aliphatic rings. The van der Waals surface area contributed by atoms with E-state index in [2.05, 4.69) is 31.3 Å². The van der Waals surface area contributed by atoms with E-state index >= 15 is 0 Å². The maximum absolute atomic E-state index is 5.54. The summed E-state index contributed by atoms with van der Waals surface area (Å²) < 4.78 is 5.54. The summed E-state index contributed by atoms with van der Waals surface area (Å²) >= 11 is 0. The van der Waals surface area contributed by atoms with Crippen molar-refractivity contribution < 1.29 is 4.74 Å². The van der Waals surface area contributed by atoms with Gasteiger partial charge in [0.1, 0.15) is 5.72 Å². The van der Waals surface area contributed by atoms with Crippen molar-refractivity contribution in [2.75, 3.05) is 6.61 Å². The van der Waals surface area contributed by atoms with Gasteiger partial charge in [-0.2, -0.15) is 0 Å². The van der Waals surface area contributed by atoms with Gasteiger partial charge in [-0.1, -0.05) is 12.2 Å². The first-order chi connectivity index (χ1) is 5.66. The molecule has 0 bridgehead atoms. The first kappa shape index (κ1) is 8.27. The molecule has 0 spiro atoms. The molecule has 1 saturated carbocycles. The monoisotopic (exact) mass is 167 g/mol. The van der Waals surface area contributed by atoms with Crippen molar-refractivity contribution in [3.8, 4) is 0 Å². The van der Waals surface area contributed by atoms with Crippen molar-refractivity contribution in [3.05, 3.63) is 12.2 Å². The third kappa shape index (κ3) is 2.08. The van der Waals surface area contributed by atoms with Crippen LogP contribution in [-0.2, 0) is 4.74 Å². The van der Waals surface area contributed by atoms with E-state index in [9.17, 15) is 0 Å². The molecule has 0 aromatic carbocycles. The van der Waals surface area contributed by atoms with E-state index in [1.165, 1.54) is 12.8 Å². The molecule has 0 radical (unpaired) electrons.